The number of nitrogens with one attached hydrogen (secondary N) is 1. The summed E-state index contributed by atoms with van der Waals surface area (Å²) in [5.41, 5.74) is 1.10. The summed E-state index contributed by atoms with van der Waals surface area (Å²) in [4.78, 5) is 24.3. The molecule has 1 aliphatic rings. The molecule has 30 heavy (non-hydrogen) atoms. The topological polar surface area (TPSA) is 132 Å². The third-order valence-electron chi connectivity index (χ3n) is 4.96. The number of hydrogen-bond donors (Lipinski definition) is 3. The quantitative estimate of drug-likeness (QED) is 0.348. The summed E-state index contributed by atoms with van der Waals surface area (Å²) >= 11 is 1.55. The number of aliphatic hydroxyl groups excluding tert-OH is 2. The lowest BCUT2D eigenvalue weighted by atomic mass is 10.1. The zero-order chi connectivity index (χ0) is 21.5. The van der Waals surface area contributed by atoms with Crippen LogP contribution in [0.3, 0.4) is 0 Å². The average Bonchev–Trinajstić information content (AvgIpc) is 3.28. The van der Waals surface area contributed by atoms with Gasteiger partial charge in [0, 0.05) is 18.7 Å². The monoisotopic (exact) mass is 439 g/mol. The molecule has 10 nitrogen and oxygen atoms in total. The van der Waals surface area contributed by atoms with Gasteiger partial charge in [-0.05, 0) is 26.0 Å². The summed E-state index contributed by atoms with van der Waals surface area (Å²) in [6.45, 7) is 2.89. The SMILES string of the molecule is CCOC(=O)CCCCCNc1ncnc2c1ncn2[C@@H]1O[C@H](CSC)[C@@H](O)[C@H]1O. The summed E-state index contributed by atoms with van der Waals surface area (Å²) in [5.74, 6) is 1.02. The molecule has 0 spiro atoms. The highest BCUT2D eigenvalue weighted by molar-refractivity contribution is 7.98. The van der Waals surface area contributed by atoms with Crippen molar-refractivity contribution < 1.29 is 24.5 Å². The Morgan fingerprint density at radius 1 is 1.27 bits per heavy atom. The van der Waals surface area contributed by atoms with Gasteiger partial charge in [0.05, 0.1) is 19.0 Å². The van der Waals surface area contributed by atoms with E-state index in [1.165, 1.54) is 6.33 Å². The van der Waals surface area contributed by atoms with Crippen LogP contribution in [-0.4, -0.2) is 79.2 Å². The number of ether oxygens (including phenoxy) is 2. The van der Waals surface area contributed by atoms with E-state index in [2.05, 4.69) is 20.3 Å². The van der Waals surface area contributed by atoms with Crippen molar-refractivity contribution in [1.29, 1.82) is 0 Å². The van der Waals surface area contributed by atoms with Crippen LogP contribution in [0.4, 0.5) is 5.82 Å². The largest absolute Gasteiger partial charge is 0.466 e. The molecule has 0 radical (unpaired) electrons. The summed E-state index contributed by atoms with van der Waals surface area (Å²) < 4.78 is 12.4. The van der Waals surface area contributed by atoms with Gasteiger partial charge in [-0.2, -0.15) is 11.8 Å². The first-order valence-corrected chi connectivity index (χ1v) is 11.5. The van der Waals surface area contributed by atoms with E-state index < -0.39 is 24.5 Å². The zero-order valence-electron chi connectivity index (χ0n) is 17.2. The molecule has 1 aliphatic heterocycles. The molecule has 0 bridgehead atoms. The number of thioether (sulfide) groups is 1. The van der Waals surface area contributed by atoms with Crippen LogP contribution in [0, 0.1) is 0 Å². The minimum Gasteiger partial charge on any atom is -0.466 e. The zero-order valence-corrected chi connectivity index (χ0v) is 18.0. The Balaban J connectivity index is 1.59. The molecule has 0 saturated carbocycles. The molecule has 166 valence electrons. The molecule has 3 heterocycles. The second kappa shape index (κ2) is 10.9. The minimum atomic E-state index is -1.06. The average molecular weight is 440 g/mol. The number of fused-ring (bicyclic) bond motifs is 1. The number of rotatable bonds is 11. The van der Waals surface area contributed by atoms with Crippen molar-refractivity contribution in [3.63, 3.8) is 0 Å². The van der Waals surface area contributed by atoms with E-state index in [9.17, 15) is 15.0 Å². The summed E-state index contributed by atoms with van der Waals surface area (Å²) in [6, 6.07) is 0. The standard InChI is InChI=1S/C19H29N5O5S/c1-3-28-13(25)7-5-4-6-8-20-17-14-18(22-10-21-17)24(11-23-14)19-16(27)15(26)12(29-19)9-30-2/h10-12,15-16,19,26-27H,3-9H2,1-2H3,(H,20,21,22)/t12-,15-,16-,19-/m1/s1. The Morgan fingerprint density at radius 3 is 2.87 bits per heavy atom. The number of hydrogen-bond acceptors (Lipinski definition) is 10. The predicted octanol–water partition coefficient (Wildman–Crippen LogP) is 1.34. The lowest BCUT2D eigenvalue weighted by molar-refractivity contribution is -0.143. The first kappa shape index (κ1) is 22.7. The number of imidazole rings is 1. The van der Waals surface area contributed by atoms with E-state index in [-0.39, 0.29) is 5.97 Å². The van der Waals surface area contributed by atoms with Gasteiger partial charge in [-0.1, -0.05) is 6.42 Å². The lowest BCUT2D eigenvalue weighted by Gasteiger charge is -2.16. The number of esters is 1. The number of carbonyl (C=O) groups excluding carboxylic acids is 1. The molecule has 0 aliphatic carbocycles. The van der Waals surface area contributed by atoms with Crippen molar-refractivity contribution in [2.45, 2.75) is 57.1 Å². The second-order valence-corrected chi connectivity index (χ2v) is 8.00. The molecule has 3 N–H and O–H groups in total. The maximum Gasteiger partial charge on any atom is 0.305 e. The second-order valence-electron chi connectivity index (χ2n) is 7.09. The molecule has 1 fully saturated rings. The minimum absolute atomic E-state index is 0.158. The van der Waals surface area contributed by atoms with E-state index >= 15 is 0 Å². The Kier molecular flexibility index (Phi) is 8.25. The lowest BCUT2D eigenvalue weighted by Crippen LogP contribution is -2.32. The van der Waals surface area contributed by atoms with Crippen LogP contribution < -0.4 is 5.32 Å². The first-order valence-electron chi connectivity index (χ1n) is 10.1. The van der Waals surface area contributed by atoms with Crippen LogP contribution in [0.1, 0.15) is 38.8 Å². The number of aliphatic hydroxyl groups is 2. The Bertz CT molecular complexity index is 835. The molecule has 2 aromatic rings. The van der Waals surface area contributed by atoms with Crippen molar-refractivity contribution in [3.8, 4) is 0 Å². The van der Waals surface area contributed by atoms with Crippen molar-refractivity contribution in [2.75, 3.05) is 30.5 Å². The van der Waals surface area contributed by atoms with E-state index in [0.29, 0.717) is 42.3 Å². The van der Waals surface area contributed by atoms with Crippen LogP contribution in [0.2, 0.25) is 0 Å². The third-order valence-corrected chi connectivity index (χ3v) is 5.62. The fourth-order valence-electron chi connectivity index (χ4n) is 3.44. The van der Waals surface area contributed by atoms with Crippen LogP contribution in [0.5, 0.6) is 0 Å². The first-order chi connectivity index (χ1) is 14.6. The van der Waals surface area contributed by atoms with E-state index in [1.807, 2.05) is 6.26 Å². The summed E-state index contributed by atoms with van der Waals surface area (Å²) in [5, 5.41) is 23.9. The fraction of sp³-hybridized carbons (Fsp3) is 0.684. The van der Waals surface area contributed by atoms with E-state index in [1.54, 1.807) is 29.6 Å². The van der Waals surface area contributed by atoms with Crippen molar-refractivity contribution >= 4 is 34.7 Å². The molecule has 0 amide bonds. The predicted molar refractivity (Wildman–Crippen MR) is 113 cm³/mol. The summed E-state index contributed by atoms with van der Waals surface area (Å²) in [6.07, 6.45) is 4.65. The Hall–Kier alpha value is -1.95. The summed E-state index contributed by atoms with van der Waals surface area (Å²) in [7, 11) is 0. The molecular weight excluding hydrogens is 410 g/mol. The molecule has 2 aromatic heterocycles. The number of nitrogens with zero attached hydrogens (tertiary/aromatic N) is 4. The molecule has 0 unspecified atom stereocenters. The molecule has 4 atom stereocenters. The highest BCUT2D eigenvalue weighted by atomic mass is 32.2. The number of aromatic nitrogens is 4. The van der Waals surface area contributed by atoms with Gasteiger partial charge in [-0.25, -0.2) is 15.0 Å². The van der Waals surface area contributed by atoms with Gasteiger partial charge in [-0.3, -0.25) is 9.36 Å². The maximum atomic E-state index is 11.3. The van der Waals surface area contributed by atoms with Crippen molar-refractivity contribution in [1.82, 2.24) is 19.5 Å². The van der Waals surface area contributed by atoms with Gasteiger partial charge >= 0.3 is 5.97 Å². The highest BCUT2D eigenvalue weighted by Gasteiger charge is 2.44. The fourth-order valence-corrected chi connectivity index (χ4v) is 4.04. The molecule has 1 saturated heterocycles. The molecular formula is C19H29N5O5S. The van der Waals surface area contributed by atoms with Gasteiger partial charge in [0.25, 0.3) is 0 Å². The van der Waals surface area contributed by atoms with Crippen molar-refractivity contribution in [3.05, 3.63) is 12.7 Å². The Morgan fingerprint density at radius 2 is 2.10 bits per heavy atom. The number of unbranched alkanes of at least 4 members (excludes halogenated alkanes) is 2. The normalized spacial score (nSPS) is 23.7. The smallest absolute Gasteiger partial charge is 0.305 e. The maximum absolute atomic E-state index is 11.3. The molecule has 11 heteroatoms. The van der Waals surface area contributed by atoms with Gasteiger partial charge in [0.1, 0.15) is 18.5 Å². The van der Waals surface area contributed by atoms with Crippen LogP contribution in [0.25, 0.3) is 11.2 Å². The van der Waals surface area contributed by atoms with Crippen LogP contribution in [-0.2, 0) is 14.3 Å². The molecule has 3 rings (SSSR count). The van der Waals surface area contributed by atoms with Gasteiger partial charge in [0.15, 0.2) is 23.2 Å². The van der Waals surface area contributed by atoms with Crippen molar-refractivity contribution in [2.24, 2.45) is 0 Å². The van der Waals surface area contributed by atoms with Crippen LogP contribution >= 0.6 is 11.8 Å². The van der Waals surface area contributed by atoms with Gasteiger partial charge < -0.3 is 25.0 Å². The Labute approximate surface area is 179 Å². The van der Waals surface area contributed by atoms with Gasteiger partial charge in [-0.15, -0.1) is 0 Å². The van der Waals surface area contributed by atoms with E-state index in [4.69, 9.17) is 9.47 Å². The van der Waals surface area contributed by atoms with E-state index in [0.717, 1.165) is 19.3 Å². The number of carbonyl (C=O) groups is 1. The van der Waals surface area contributed by atoms with Gasteiger partial charge in [0.2, 0.25) is 0 Å². The molecule has 0 aromatic carbocycles. The highest BCUT2D eigenvalue weighted by Crippen LogP contribution is 2.33. The third kappa shape index (κ3) is 5.20. The number of anilines is 1. The van der Waals surface area contributed by atoms with Crippen LogP contribution in [0.15, 0.2) is 12.7 Å².